The van der Waals surface area contributed by atoms with Crippen molar-refractivity contribution in [2.24, 2.45) is 17.8 Å². The maximum atomic E-state index is 11.8. The summed E-state index contributed by atoms with van der Waals surface area (Å²) in [5.41, 5.74) is 0. The second-order valence-corrected chi connectivity index (χ2v) is 4.72. The van der Waals surface area contributed by atoms with E-state index in [4.69, 9.17) is 0 Å². The topological polar surface area (TPSA) is 17.1 Å². The normalized spacial score (nSPS) is 33.9. The minimum absolute atomic E-state index is 0.0295. The van der Waals surface area contributed by atoms with Gasteiger partial charge < -0.3 is 0 Å². The minimum Gasteiger partial charge on any atom is -0.299 e. The van der Waals surface area contributed by atoms with Crippen LogP contribution in [0.25, 0.3) is 0 Å². The summed E-state index contributed by atoms with van der Waals surface area (Å²) in [6, 6.07) is 0. The Bertz CT molecular complexity index is 249. The molecule has 0 saturated heterocycles. The first kappa shape index (κ1) is 11.0. The number of fused-ring (bicyclic) bond motifs is 1. The zero-order valence-corrected chi connectivity index (χ0v) is 8.52. The van der Waals surface area contributed by atoms with Gasteiger partial charge in [0, 0.05) is 18.8 Å². The first-order valence-electron chi connectivity index (χ1n) is 5.58. The van der Waals surface area contributed by atoms with Crippen molar-refractivity contribution in [2.45, 2.75) is 44.7 Å². The Hall–Kier alpha value is -0.540. The number of Topliss-reactive ketones (excluding diaryl/α,β-unsaturated/α-hetero) is 1. The highest BCUT2D eigenvalue weighted by molar-refractivity contribution is 5.84. The van der Waals surface area contributed by atoms with E-state index in [-0.39, 0.29) is 24.5 Å². The van der Waals surface area contributed by atoms with Gasteiger partial charge in [0.2, 0.25) is 0 Å². The van der Waals surface area contributed by atoms with Crippen LogP contribution in [0, 0.1) is 17.8 Å². The summed E-state index contributed by atoms with van der Waals surface area (Å²) < 4.78 is 35.5. The third-order valence-electron chi connectivity index (χ3n) is 3.66. The van der Waals surface area contributed by atoms with Crippen LogP contribution in [0.2, 0.25) is 0 Å². The average Bonchev–Trinajstić information content (AvgIpc) is 2.58. The Morgan fingerprint density at radius 3 is 2.33 bits per heavy atom. The molecule has 0 aromatic heterocycles. The van der Waals surface area contributed by atoms with E-state index in [1.54, 1.807) is 0 Å². The SMILES string of the molecule is O=C(CCCC(F)(F)F)C1C2CCCC21. The largest absolute Gasteiger partial charge is 0.389 e. The van der Waals surface area contributed by atoms with Gasteiger partial charge in [0.05, 0.1) is 0 Å². The Kier molecular flexibility index (Phi) is 2.77. The van der Waals surface area contributed by atoms with Crippen molar-refractivity contribution in [1.82, 2.24) is 0 Å². The molecule has 2 saturated carbocycles. The van der Waals surface area contributed by atoms with Crippen molar-refractivity contribution in [2.75, 3.05) is 0 Å². The van der Waals surface area contributed by atoms with Gasteiger partial charge in [0.25, 0.3) is 0 Å². The molecule has 0 heterocycles. The molecule has 2 rings (SSSR count). The van der Waals surface area contributed by atoms with Crippen LogP contribution in [0.5, 0.6) is 0 Å². The average molecular weight is 220 g/mol. The Labute approximate surface area is 87.0 Å². The van der Waals surface area contributed by atoms with Gasteiger partial charge in [-0.05, 0) is 31.1 Å². The summed E-state index contributed by atoms with van der Waals surface area (Å²) >= 11 is 0. The zero-order chi connectivity index (χ0) is 11.1. The summed E-state index contributed by atoms with van der Waals surface area (Å²) in [6.07, 6.45) is -1.42. The van der Waals surface area contributed by atoms with Crippen LogP contribution in [0.4, 0.5) is 13.2 Å². The lowest BCUT2D eigenvalue weighted by atomic mass is 10.0. The molecular weight excluding hydrogens is 205 g/mol. The molecule has 1 nitrogen and oxygen atoms in total. The molecule has 2 fully saturated rings. The maximum absolute atomic E-state index is 11.8. The minimum atomic E-state index is -4.11. The molecule has 4 heteroatoms. The fourth-order valence-electron chi connectivity index (χ4n) is 2.93. The third kappa shape index (κ3) is 2.52. The van der Waals surface area contributed by atoms with Crippen molar-refractivity contribution in [3.8, 4) is 0 Å². The Balaban J connectivity index is 1.66. The van der Waals surface area contributed by atoms with Crippen molar-refractivity contribution >= 4 is 5.78 Å². The van der Waals surface area contributed by atoms with Crippen LogP contribution in [0.1, 0.15) is 38.5 Å². The first-order chi connectivity index (χ1) is 6.99. The fourth-order valence-corrected chi connectivity index (χ4v) is 2.93. The second kappa shape index (κ2) is 3.80. The van der Waals surface area contributed by atoms with E-state index in [0.717, 1.165) is 12.8 Å². The van der Waals surface area contributed by atoms with Gasteiger partial charge in [-0.25, -0.2) is 0 Å². The lowest BCUT2D eigenvalue weighted by Crippen LogP contribution is -2.10. The van der Waals surface area contributed by atoms with Crippen molar-refractivity contribution < 1.29 is 18.0 Å². The highest BCUT2D eigenvalue weighted by Gasteiger charge is 2.55. The Morgan fingerprint density at radius 2 is 1.80 bits per heavy atom. The first-order valence-corrected chi connectivity index (χ1v) is 5.58. The van der Waals surface area contributed by atoms with E-state index in [1.807, 2.05) is 0 Å². The molecule has 0 aromatic rings. The monoisotopic (exact) mass is 220 g/mol. The van der Waals surface area contributed by atoms with E-state index in [2.05, 4.69) is 0 Å². The van der Waals surface area contributed by atoms with E-state index in [1.165, 1.54) is 6.42 Å². The highest BCUT2D eigenvalue weighted by atomic mass is 19.4. The quantitative estimate of drug-likeness (QED) is 0.710. The predicted octanol–water partition coefficient (Wildman–Crippen LogP) is 3.33. The van der Waals surface area contributed by atoms with Crippen LogP contribution >= 0.6 is 0 Å². The molecule has 2 atom stereocenters. The van der Waals surface area contributed by atoms with Crippen LogP contribution < -0.4 is 0 Å². The highest BCUT2D eigenvalue weighted by Crippen LogP contribution is 2.58. The smallest absolute Gasteiger partial charge is 0.299 e. The van der Waals surface area contributed by atoms with E-state index >= 15 is 0 Å². The summed E-state index contributed by atoms with van der Waals surface area (Å²) in [4.78, 5) is 11.5. The van der Waals surface area contributed by atoms with Gasteiger partial charge in [-0.3, -0.25) is 4.79 Å². The molecule has 2 aliphatic rings. The molecule has 0 aromatic carbocycles. The number of alkyl halides is 3. The number of carbonyl (C=O) groups excluding carboxylic acids is 1. The summed E-state index contributed by atoms with van der Waals surface area (Å²) in [5.74, 6) is 1.27. The number of rotatable bonds is 4. The zero-order valence-electron chi connectivity index (χ0n) is 8.52. The van der Waals surface area contributed by atoms with Gasteiger partial charge >= 0.3 is 6.18 Å². The number of ketones is 1. The van der Waals surface area contributed by atoms with Gasteiger partial charge in [-0.1, -0.05) is 6.42 Å². The van der Waals surface area contributed by atoms with Gasteiger partial charge in [0.1, 0.15) is 5.78 Å². The molecule has 2 aliphatic carbocycles. The molecule has 0 aliphatic heterocycles. The standard InChI is InChI=1S/C11H15F3O/c12-11(13,14)6-2-5-9(15)10-7-3-1-4-8(7)10/h7-8,10H,1-6H2. The molecule has 0 radical (unpaired) electrons. The van der Waals surface area contributed by atoms with Gasteiger partial charge in [0.15, 0.2) is 0 Å². The molecule has 0 N–H and O–H groups in total. The molecule has 0 spiro atoms. The van der Waals surface area contributed by atoms with Gasteiger partial charge in [-0.2, -0.15) is 13.2 Å². The number of hydrogen-bond donors (Lipinski definition) is 0. The molecule has 0 bridgehead atoms. The number of hydrogen-bond acceptors (Lipinski definition) is 1. The van der Waals surface area contributed by atoms with Crippen molar-refractivity contribution in [3.63, 3.8) is 0 Å². The fraction of sp³-hybridized carbons (Fsp3) is 0.909. The summed E-state index contributed by atoms with van der Waals surface area (Å²) in [5, 5.41) is 0. The maximum Gasteiger partial charge on any atom is 0.389 e. The molecule has 86 valence electrons. The van der Waals surface area contributed by atoms with Gasteiger partial charge in [-0.15, -0.1) is 0 Å². The van der Waals surface area contributed by atoms with E-state index < -0.39 is 12.6 Å². The van der Waals surface area contributed by atoms with E-state index in [9.17, 15) is 18.0 Å². The Morgan fingerprint density at radius 1 is 1.20 bits per heavy atom. The lowest BCUT2D eigenvalue weighted by molar-refractivity contribution is -0.137. The molecule has 15 heavy (non-hydrogen) atoms. The second-order valence-electron chi connectivity index (χ2n) is 4.72. The number of halogens is 3. The lowest BCUT2D eigenvalue weighted by Gasteiger charge is -2.06. The predicted molar refractivity (Wildman–Crippen MR) is 49.2 cm³/mol. The molecule has 0 amide bonds. The van der Waals surface area contributed by atoms with Crippen molar-refractivity contribution in [1.29, 1.82) is 0 Å². The summed E-state index contributed by atoms with van der Waals surface area (Å²) in [7, 11) is 0. The molecular formula is C11H15F3O. The van der Waals surface area contributed by atoms with E-state index in [0.29, 0.717) is 11.8 Å². The molecule has 2 unspecified atom stereocenters. The van der Waals surface area contributed by atoms with Crippen LogP contribution in [-0.4, -0.2) is 12.0 Å². The third-order valence-corrected chi connectivity index (χ3v) is 3.66. The van der Waals surface area contributed by atoms with Crippen molar-refractivity contribution in [3.05, 3.63) is 0 Å². The summed E-state index contributed by atoms with van der Waals surface area (Å²) in [6.45, 7) is 0. The van der Waals surface area contributed by atoms with Crippen LogP contribution in [-0.2, 0) is 4.79 Å². The number of carbonyl (C=O) groups is 1. The van der Waals surface area contributed by atoms with Crippen LogP contribution in [0.15, 0.2) is 0 Å². The van der Waals surface area contributed by atoms with Crippen LogP contribution in [0.3, 0.4) is 0 Å².